The van der Waals surface area contributed by atoms with Crippen LogP contribution >= 0.6 is 0 Å². The van der Waals surface area contributed by atoms with Crippen molar-refractivity contribution in [1.82, 2.24) is 10.1 Å². The lowest BCUT2D eigenvalue weighted by molar-refractivity contribution is 0.0811. The predicted molar refractivity (Wildman–Crippen MR) is 69.2 cm³/mol. The van der Waals surface area contributed by atoms with Crippen molar-refractivity contribution in [3.05, 3.63) is 41.4 Å². The van der Waals surface area contributed by atoms with E-state index in [-0.39, 0.29) is 29.1 Å². The zero-order valence-corrected chi connectivity index (χ0v) is 11.1. The summed E-state index contributed by atoms with van der Waals surface area (Å²) >= 11 is 0. The zero-order chi connectivity index (χ0) is 14.7. The van der Waals surface area contributed by atoms with Gasteiger partial charge in [-0.2, -0.15) is 5.26 Å². The van der Waals surface area contributed by atoms with Crippen molar-refractivity contribution in [1.29, 1.82) is 5.26 Å². The molecule has 0 unspecified atom stereocenters. The molecule has 0 spiro atoms. The first-order valence-electron chi connectivity index (χ1n) is 5.89. The smallest absolute Gasteiger partial charge is 0.260 e. The fraction of sp³-hybridized carbons (Fsp3) is 0.214. The standard InChI is InChI=1S/C14H12FN3O2/c1-9-12(14(19)18(2)8-7-16)13(17-20-9)10-5-3-4-6-11(10)15/h3-6H,8H2,1-2H3. The lowest BCUT2D eigenvalue weighted by atomic mass is 10.0. The third-order valence-electron chi connectivity index (χ3n) is 2.86. The molecule has 0 aliphatic rings. The molecule has 1 heterocycles. The minimum atomic E-state index is -0.488. The summed E-state index contributed by atoms with van der Waals surface area (Å²) in [5.74, 6) is -0.626. The van der Waals surface area contributed by atoms with Crippen LogP contribution in [0, 0.1) is 24.1 Å². The normalized spacial score (nSPS) is 10.1. The van der Waals surface area contributed by atoms with Crippen LogP contribution in [0.3, 0.4) is 0 Å². The first-order valence-corrected chi connectivity index (χ1v) is 5.89. The van der Waals surface area contributed by atoms with Gasteiger partial charge in [0, 0.05) is 12.6 Å². The van der Waals surface area contributed by atoms with Crippen LogP contribution in [0.2, 0.25) is 0 Å². The Labute approximate surface area is 115 Å². The molecule has 5 nitrogen and oxygen atoms in total. The van der Waals surface area contributed by atoms with Gasteiger partial charge in [-0.1, -0.05) is 17.3 Å². The van der Waals surface area contributed by atoms with Crippen molar-refractivity contribution in [2.75, 3.05) is 13.6 Å². The Balaban J connectivity index is 2.51. The second kappa shape index (κ2) is 5.53. The number of hydrogen-bond donors (Lipinski definition) is 0. The summed E-state index contributed by atoms with van der Waals surface area (Å²) in [5, 5.41) is 12.4. The highest BCUT2D eigenvalue weighted by Crippen LogP contribution is 2.28. The van der Waals surface area contributed by atoms with Gasteiger partial charge in [0.05, 0.1) is 6.07 Å². The largest absolute Gasteiger partial charge is 0.360 e. The molecule has 0 saturated carbocycles. The van der Waals surface area contributed by atoms with Crippen molar-refractivity contribution in [2.24, 2.45) is 0 Å². The highest BCUT2D eigenvalue weighted by Gasteiger charge is 2.25. The molecule has 2 rings (SSSR count). The van der Waals surface area contributed by atoms with E-state index in [0.29, 0.717) is 0 Å². The molecule has 1 amide bonds. The van der Waals surface area contributed by atoms with E-state index in [2.05, 4.69) is 5.16 Å². The minimum absolute atomic E-state index is 0.0693. The fourth-order valence-corrected chi connectivity index (χ4v) is 1.83. The van der Waals surface area contributed by atoms with Gasteiger partial charge in [0.15, 0.2) is 0 Å². The Bertz CT molecular complexity index is 688. The van der Waals surface area contributed by atoms with E-state index in [1.807, 2.05) is 6.07 Å². The number of carbonyl (C=O) groups is 1. The van der Waals surface area contributed by atoms with E-state index in [4.69, 9.17) is 9.78 Å². The number of aromatic nitrogens is 1. The molecule has 0 aliphatic heterocycles. The van der Waals surface area contributed by atoms with Crippen LogP contribution in [0.15, 0.2) is 28.8 Å². The van der Waals surface area contributed by atoms with Crippen molar-refractivity contribution < 1.29 is 13.7 Å². The molecular formula is C14H12FN3O2. The second-order valence-corrected chi connectivity index (χ2v) is 4.26. The molecule has 0 atom stereocenters. The summed E-state index contributed by atoms with van der Waals surface area (Å²) in [6, 6.07) is 7.89. The Morgan fingerprint density at radius 2 is 2.20 bits per heavy atom. The van der Waals surface area contributed by atoms with Crippen LogP contribution in [0.5, 0.6) is 0 Å². The summed E-state index contributed by atoms with van der Waals surface area (Å²) in [5.41, 5.74) is 0.515. The van der Waals surface area contributed by atoms with Crippen LogP contribution in [0.4, 0.5) is 4.39 Å². The summed E-state index contributed by atoms with van der Waals surface area (Å²) in [6.45, 7) is 1.50. The van der Waals surface area contributed by atoms with E-state index in [1.54, 1.807) is 19.1 Å². The molecule has 0 fully saturated rings. The summed E-state index contributed by atoms with van der Waals surface area (Å²) in [6.07, 6.45) is 0. The summed E-state index contributed by atoms with van der Waals surface area (Å²) in [7, 11) is 1.49. The first-order chi connectivity index (χ1) is 9.56. The van der Waals surface area contributed by atoms with Crippen molar-refractivity contribution in [2.45, 2.75) is 6.92 Å². The molecule has 0 N–H and O–H groups in total. The van der Waals surface area contributed by atoms with Gasteiger partial charge < -0.3 is 9.42 Å². The van der Waals surface area contributed by atoms with E-state index < -0.39 is 11.7 Å². The summed E-state index contributed by atoms with van der Waals surface area (Å²) in [4.78, 5) is 13.5. The number of benzene rings is 1. The molecule has 20 heavy (non-hydrogen) atoms. The molecule has 0 bridgehead atoms. The zero-order valence-electron chi connectivity index (χ0n) is 11.1. The average molecular weight is 273 g/mol. The number of aryl methyl sites for hydroxylation is 1. The van der Waals surface area contributed by atoms with Gasteiger partial charge in [0.2, 0.25) is 0 Å². The molecule has 0 radical (unpaired) electrons. The highest BCUT2D eigenvalue weighted by molar-refractivity contribution is 6.00. The molecule has 102 valence electrons. The number of rotatable bonds is 3. The Morgan fingerprint density at radius 3 is 2.85 bits per heavy atom. The topological polar surface area (TPSA) is 70.1 Å². The Kier molecular flexibility index (Phi) is 3.80. The van der Waals surface area contributed by atoms with Gasteiger partial charge >= 0.3 is 0 Å². The third-order valence-corrected chi connectivity index (χ3v) is 2.86. The highest BCUT2D eigenvalue weighted by atomic mass is 19.1. The van der Waals surface area contributed by atoms with E-state index in [9.17, 15) is 9.18 Å². The predicted octanol–water partition coefficient (Wildman–Crippen LogP) is 2.38. The first kappa shape index (κ1) is 13.7. The van der Waals surface area contributed by atoms with Crippen LogP contribution < -0.4 is 0 Å². The van der Waals surface area contributed by atoms with Crippen LogP contribution in [0.1, 0.15) is 16.1 Å². The SMILES string of the molecule is Cc1onc(-c2ccccc2F)c1C(=O)N(C)CC#N. The Morgan fingerprint density at radius 1 is 1.50 bits per heavy atom. The molecular weight excluding hydrogens is 261 g/mol. The van der Waals surface area contributed by atoms with E-state index >= 15 is 0 Å². The lowest BCUT2D eigenvalue weighted by Crippen LogP contribution is -2.27. The number of halogens is 1. The molecule has 2 aromatic rings. The monoisotopic (exact) mass is 273 g/mol. The van der Waals surface area contributed by atoms with Crippen LogP contribution in [0.25, 0.3) is 11.3 Å². The van der Waals surface area contributed by atoms with Crippen molar-refractivity contribution >= 4 is 5.91 Å². The second-order valence-electron chi connectivity index (χ2n) is 4.26. The van der Waals surface area contributed by atoms with Gasteiger partial charge in [0.25, 0.3) is 5.91 Å². The Hall–Kier alpha value is -2.68. The molecule has 1 aromatic carbocycles. The maximum atomic E-state index is 13.8. The fourth-order valence-electron chi connectivity index (χ4n) is 1.83. The molecule has 0 aliphatic carbocycles. The number of nitriles is 1. The third kappa shape index (κ3) is 2.38. The van der Waals surface area contributed by atoms with Gasteiger partial charge in [0.1, 0.15) is 29.4 Å². The minimum Gasteiger partial charge on any atom is -0.360 e. The van der Waals surface area contributed by atoms with Gasteiger partial charge in [-0.15, -0.1) is 0 Å². The van der Waals surface area contributed by atoms with Crippen molar-refractivity contribution in [3.63, 3.8) is 0 Å². The number of amides is 1. The lowest BCUT2D eigenvalue weighted by Gasteiger charge is -2.13. The van der Waals surface area contributed by atoms with Gasteiger partial charge in [-0.05, 0) is 19.1 Å². The maximum Gasteiger partial charge on any atom is 0.260 e. The number of carbonyl (C=O) groups excluding carboxylic acids is 1. The maximum absolute atomic E-state index is 13.8. The van der Waals surface area contributed by atoms with E-state index in [1.165, 1.54) is 24.1 Å². The molecule has 0 saturated heterocycles. The molecule has 6 heteroatoms. The van der Waals surface area contributed by atoms with Gasteiger partial charge in [-0.25, -0.2) is 4.39 Å². The number of nitrogens with zero attached hydrogens (tertiary/aromatic N) is 3. The number of hydrogen-bond acceptors (Lipinski definition) is 4. The van der Waals surface area contributed by atoms with E-state index in [0.717, 1.165) is 0 Å². The summed E-state index contributed by atoms with van der Waals surface area (Å²) < 4.78 is 18.8. The molecule has 1 aromatic heterocycles. The van der Waals surface area contributed by atoms with Crippen LogP contribution in [-0.2, 0) is 0 Å². The van der Waals surface area contributed by atoms with Gasteiger partial charge in [-0.3, -0.25) is 4.79 Å². The quantitative estimate of drug-likeness (QED) is 0.805. The average Bonchev–Trinajstić information content (AvgIpc) is 2.80. The van der Waals surface area contributed by atoms with Crippen LogP contribution in [-0.4, -0.2) is 29.6 Å². The van der Waals surface area contributed by atoms with Crippen molar-refractivity contribution in [3.8, 4) is 17.3 Å².